The summed E-state index contributed by atoms with van der Waals surface area (Å²) >= 11 is 0. The van der Waals surface area contributed by atoms with Crippen molar-refractivity contribution in [2.24, 2.45) is 7.05 Å². The standard InChI is InChI=1S/C35H24N2/c1-36-32-14-8-7-13-28(32)29-20-25(15-17-33(29)36)26-16-18-34-30(21-26)31-19-23-9-5-6-10-24(23)22-35(31)37(34)27-11-3-2-4-12-27/h2-22H,1H3. The molecule has 0 N–H and O–H groups in total. The van der Waals surface area contributed by atoms with E-state index in [-0.39, 0.29) is 0 Å². The van der Waals surface area contributed by atoms with Crippen molar-refractivity contribution in [1.82, 2.24) is 9.13 Å². The van der Waals surface area contributed by atoms with Crippen LogP contribution in [0.15, 0.2) is 127 Å². The Kier molecular flexibility index (Phi) is 4.18. The van der Waals surface area contributed by atoms with Gasteiger partial charge in [-0.05, 0) is 76.5 Å². The second kappa shape index (κ2) is 7.59. The summed E-state index contributed by atoms with van der Waals surface area (Å²) in [4.78, 5) is 0. The monoisotopic (exact) mass is 472 g/mol. The molecule has 2 heterocycles. The third-order valence-corrected chi connectivity index (χ3v) is 7.89. The first-order valence-electron chi connectivity index (χ1n) is 12.8. The molecule has 0 amide bonds. The van der Waals surface area contributed by atoms with Gasteiger partial charge in [-0.1, -0.05) is 72.8 Å². The highest BCUT2D eigenvalue weighted by atomic mass is 15.0. The van der Waals surface area contributed by atoms with Gasteiger partial charge in [-0.3, -0.25) is 0 Å². The van der Waals surface area contributed by atoms with Crippen molar-refractivity contribution in [3.63, 3.8) is 0 Å². The van der Waals surface area contributed by atoms with Crippen molar-refractivity contribution in [3.05, 3.63) is 127 Å². The quantitative estimate of drug-likeness (QED) is 0.237. The second-order valence-electron chi connectivity index (χ2n) is 9.93. The lowest BCUT2D eigenvalue weighted by atomic mass is 10.00. The summed E-state index contributed by atoms with van der Waals surface area (Å²) in [7, 11) is 2.15. The molecule has 0 aliphatic rings. The lowest BCUT2D eigenvalue weighted by Gasteiger charge is -2.09. The summed E-state index contributed by atoms with van der Waals surface area (Å²) in [6.07, 6.45) is 0. The number of hydrogen-bond donors (Lipinski definition) is 0. The maximum atomic E-state index is 2.40. The van der Waals surface area contributed by atoms with Gasteiger partial charge in [-0.15, -0.1) is 0 Å². The molecule has 0 saturated carbocycles. The van der Waals surface area contributed by atoms with Crippen molar-refractivity contribution in [1.29, 1.82) is 0 Å². The van der Waals surface area contributed by atoms with Crippen LogP contribution in [0.4, 0.5) is 0 Å². The fraction of sp³-hybridized carbons (Fsp3) is 0.0286. The highest BCUT2D eigenvalue weighted by Gasteiger charge is 2.15. The van der Waals surface area contributed by atoms with Gasteiger partial charge in [0.1, 0.15) is 0 Å². The van der Waals surface area contributed by atoms with Crippen molar-refractivity contribution >= 4 is 54.4 Å². The molecular weight excluding hydrogens is 448 g/mol. The summed E-state index contributed by atoms with van der Waals surface area (Å²) in [5, 5.41) is 7.69. The molecule has 0 bridgehead atoms. The largest absolute Gasteiger partial charge is 0.344 e. The predicted molar refractivity (Wildman–Crippen MR) is 158 cm³/mol. The minimum atomic E-state index is 1.18. The minimum Gasteiger partial charge on any atom is -0.344 e. The van der Waals surface area contributed by atoms with Gasteiger partial charge in [0.25, 0.3) is 0 Å². The number of rotatable bonds is 2. The van der Waals surface area contributed by atoms with Crippen LogP contribution in [0.2, 0.25) is 0 Å². The third-order valence-electron chi connectivity index (χ3n) is 7.89. The van der Waals surface area contributed by atoms with Crippen molar-refractivity contribution in [2.75, 3.05) is 0 Å². The van der Waals surface area contributed by atoms with Gasteiger partial charge < -0.3 is 9.13 Å². The SMILES string of the molecule is Cn1c2ccccc2c2cc(-c3ccc4c(c3)c3cc5ccccc5cc3n4-c3ccccc3)ccc21. The van der Waals surface area contributed by atoms with E-state index in [0.717, 1.165) is 0 Å². The molecule has 2 aromatic heterocycles. The molecule has 0 unspecified atom stereocenters. The molecule has 0 aliphatic heterocycles. The van der Waals surface area contributed by atoms with E-state index in [1.54, 1.807) is 0 Å². The van der Waals surface area contributed by atoms with E-state index in [2.05, 4.69) is 144 Å². The lowest BCUT2D eigenvalue weighted by Crippen LogP contribution is -1.93. The number of fused-ring (bicyclic) bond motifs is 7. The number of aryl methyl sites for hydroxylation is 1. The molecule has 8 aromatic rings. The van der Waals surface area contributed by atoms with Crippen LogP contribution in [0, 0.1) is 0 Å². The average molecular weight is 473 g/mol. The van der Waals surface area contributed by atoms with Crippen LogP contribution >= 0.6 is 0 Å². The highest BCUT2D eigenvalue weighted by Crippen LogP contribution is 2.38. The summed E-state index contributed by atoms with van der Waals surface area (Å²) in [6.45, 7) is 0. The first kappa shape index (κ1) is 20.4. The third kappa shape index (κ3) is 2.93. The first-order chi connectivity index (χ1) is 18.3. The van der Waals surface area contributed by atoms with Crippen LogP contribution < -0.4 is 0 Å². The van der Waals surface area contributed by atoms with Gasteiger partial charge in [-0.2, -0.15) is 0 Å². The Morgan fingerprint density at radius 1 is 0.405 bits per heavy atom. The maximum absolute atomic E-state index is 2.40. The van der Waals surface area contributed by atoms with Gasteiger partial charge in [0, 0.05) is 45.3 Å². The van der Waals surface area contributed by atoms with Gasteiger partial charge in [0.2, 0.25) is 0 Å². The van der Waals surface area contributed by atoms with Gasteiger partial charge in [0.15, 0.2) is 0 Å². The molecule has 0 aliphatic carbocycles. The normalized spacial score (nSPS) is 11.9. The number of aromatic nitrogens is 2. The highest BCUT2D eigenvalue weighted by molar-refractivity contribution is 6.15. The Labute approximate surface area is 214 Å². The van der Waals surface area contributed by atoms with Gasteiger partial charge >= 0.3 is 0 Å². The van der Waals surface area contributed by atoms with E-state index in [1.807, 2.05) is 0 Å². The second-order valence-corrected chi connectivity index (χ2v) is 9.93. The number of hydrogen-bond acceptors (Lipinski definition) is 0. The fourth-order valence-electron chi connectivity index (χ4n) is 6.09. The fourth-order valence-corrected chi connectivity index (χ4v) is 6.09. The zero-order valence-corrected chi connectivity index (χ0v) is 20.5. The zero-order valence-electron chi connectivity index (χ0n) is 20.5. The Hall–Kier alpha value is -4.82. The predicted octanol–water partition coefficient (Wildman–Crippen LogP) is 9.25. The molecule has 0 atom stereocenters. The summed E-state index contributed by atoms with van der Waals surface area (Å²) in [5.74, 6) is 0. The molecule has 0 spiro atoms. The van der Waals surface area contributed by atoms with Gasteiger partial charge in [0.05, 0.1) is 11.0 Å². The average Bonchev–Trinajstić information content (AvgIpc) is 3.43. The van der Waals surface area contributed by atoms with Gasteiger partial charge in [-0.25, -0.2) is 0 Å². The molecule has 37 heavy (non-hydrogen) atoms. The Balaban J connectivity index is 1.42. The molecule has 6 aromatic carbocycles. The molecule has 8 rings (SSSR count). The summed E-state index contributed by atoms with van der Waals surface area (Å²) < 4.78 is 4.69. The van der Waals surface area contributed by atoms with E-state index in [9.17, 15) is 0 Å². The molecule has 0 radical (unpaired) electrons. The number of nitrogens with zero attached hydrogens (tertiary/aromatic N) is 2. The Morgan fingerprint density at radius 2 is 0.973 bits per heavy atom. The minimum absolute atomic E-state index is 1.18. The van der Waals surface area contributed by atoms with Crippen molar-refractivity contribution < 1.29 is 0 Å². The molecule has 0 saturated heterocycles. The number of para-hydroxylation sites is 2. The van der Waals surface area contributed by atoms with Crippen LogP contribution in [0.1, 0.15) is 0 Å². The van der Waals surface area contributed by atoms with Crippen LogP contribution in [-0.4, -0.2) is 9.13 Å². The van der Waals surface area contributed by atoms with E-state index < -0.39 is 0 Å². The maximum Gasteiger partial charge on any atom is 0.0547 e. The molecule has 174 valence electrons. The summed E-state index contributed by atoms with van der Waals surface area (Å²) in [6, 6.07) is 46.5. The smallest absolute Gasteiger partial charge is 0.0547 e. The van der Waals surface area contributed by atoms with Crippen molar-refractivity contribution in [3.8, 4) is 16.8 Å². The Bertz CT molecular complexity index is 2140. The van der Waals surface area contributed by atoms with E-state index in [1.165, 1.54) is 71.2 Å². The van der Waals surface area contributed by atoms with E-state index in [4.69, 9.17) is 0 Å². The van der Waals surface area contributed by atoms with Crippen molar-refractivity contribution in [2.45, 2.75) is 0 Å². The lowest BCUT2D eigenvalue weighted by molar-refractivity contribution is 1.01. The number of benzene rings is 6. The van der Waals surface area contributed by atoms with Crippen LogP contribution in [0.3, 0.4) is 0 Å². The van der Waals surface area contributed by atoms with Crippen LogP contribution in [0.25, 0.3) is 71.2 Å². The topological polar surface area (TPSA) is 9.86 Å². The molecule has 0 fully saturated rings. The Morgan fingerprint density at radius 3 is 1.76 bits per heavy atom. The van der Waals surface area contributed by atoms with Crippen LogP contribution in [-0.2, 0) is 7.05 Å². The van der Waals surface area contributed by atoms with E-state index >= 15 is 0 Å². The van der Waals surface area contributed by atoms with E-state index in [0.29, 0.717) is 0 Å². The molecule has 2 nitrogen and oxygen atoms in total. The molecular formula is C35H24N2. The summed E-state index contributed by atoms with van der Waals surface area (Å²) in [5.41, 5.74) is 8.66. The first-order valence-corrected chi connectivity index (χ1v) is 12.8. The molecule has 2 heteroatoms. The zero-order chi connectivity index (χ0) is 24.5. The van der Waals surface area contributed by atoms with Crippen LogP contribution in [0.5, 0.6) is 0 Å².